The molecule has 0 amide bonds. The summed E-state index contributed by atoms with van der Waals surface area (Å²) in [6.07, 6.45) is 0. The molecule has 0 aliphatic rings. The molecule has 1 aromatic rings. The van der Waals surface area contributed by atoms with Gasteiger partial charge in [-0.2, -0.15) is 0 Å². The SMILES string of the molecule is CCOc1cc(C(=O)CN)ccc1OC. The molecule has 1 aromatic carbocycles. The van der Waals surface area contributed by atoms with Gasteiger partial charge in [-0.05, 0) is 25.1 Å². The molecule has 1 rings (SSSR count). The summed E-state index contributed by atoms with van der Waals surface area (Å²) in [6.45, 7) is 2.39. The van der Waals surface area contributed by atoms with E-state index in [1.165, 1.54) is 0 Å². The Morgan fingerprint density at radius 3 is 2.67 bits per heavy atom. The van der Waals surface area contributed by atoms with Gasteiger partial charge in [0.25, 0.3) is 0 Å². The van der Waals surface area contributed by atoms with Crippen molar-refractivity contribution in [1.29, 1.82) is 0 Å². The zero-order valence-electron chi connectivity index (χ0n) is 8.95. The number of methoxy groups -OCH3 is 1. The zero-order chi connectivity index (χ0) is 11.3. The van der Waals surface area contributed by atoms with Crippen LogP contribution in [0.1, 0.15) is 17.3 Å². The lowest BCUT2D eigenvalue weighted by Crippen LogP contribution is -2.13. The summed E-state index contributed by atoms with van der Waals surface area (Å²) in [5, 5.41) is 0. The second-order valence-corrected chi connectivity index (χ2v) is 2.93. The summed E-state index contributed by atoms with van der Waals surface area (Å²) >= 11 is 0. The highest BCUT2D eigenvalue weighted by atomic mass is 16.5. The van der Waals surface area contributed by atoms with Gasteiger partial charge in [-0.1, -0.05) is 0 Å². The molecule has 0 heterocycles. The maximum absolute atomic E-state index is 11.3. The average Bonchev–Trinajstić information content (AvgIpc) is 2.28. The van der Waals surface area contributed by atoms with Crippen molar-refractivity contribution >= 4 is 5.78 Å². The summed E-state index contributed by atoms with van der Waals surface area (Å²) in [4.78, 5) is 11.3. The standard InChI is InChI=1S/C11H15NO3/c1-3-15-11-6-8(9(13)7-12)4-5-10(11)14-2/h4-6H,3,7,12H2,1-2H3. The molecule has 0 atom stereocenters. The van der Waals surface area contributed by atoms with Crippen LogP contribution in [-0.4, -0.2) is 26.0 Å². The van der Waals surface area contributed by atoms with Crippen molar-refractivity contribution < 1.29 is 14.3 Å². The van der Waals surface area contributed by atoms with E-state index in [1.807, 2.05) is 6.92 Å². The Balaban J connectivity index is 3.04. The first-order chi connectivity index (χ1) is 7.22. The smallest absolute Gasteiger partial charge is 0.176 e. The number of hydrogen-bond donors (Lipinski definition) is 1. The molecular formula is C11H15NO3. The maximum atomic E-state index is 11.3. The van der Waals surface area contributed by atoms with Gasteiger partial charge in [-0.15, -0.1) is 0 Å². The molecule has 0 saturated carbocycles. The fourth-order valence-electron chi connectivity index (χ4n) is 1.24. The number of ether oxygens (including phenoxy) is 2. The van der Waals surface area contributed by atoms with Crippen LogP contribution in [0.25, 0.3) is 0 Å². The third-order valence-electron chi connectivity index (χ3n) is 1.97. The average molecular weight is 209 g/mol. The third-order valence-corrected chi connectivity index (χ3v) is 1.97. The van der Waals surface area contributed by atoms with Crippen LogP contribution in [0.15, 0.2) is 18.2 Å². The van der Waals surface area contributed by atoms with Crippen molar-refractivity contribution in [1.82, 2.24) is 0 Å². The van der Waals surface area contributed by atoms with Gasteiger partial charge in [-0.3, -0.25) is 4.79 Å². The molecule has 2 N–H and O–H groups in total. The van der Waals surface area contributed by atoms with Crippen molar-refractivity contribution in [2.75, 3.05) is 20.3 Å². The van der Waals surface area contributed by atoms with Gasteiger partial charge in [-0.25, -0.2) is 0 Å². The molecule has 0 spiro atoms. The van der Waals surface area contributed by atoms with Crippen LogP contribution in [0.3, 0.4) is 0 Å². The van der Waals surface area contributed by atoms with Gasteiger partial charge in [0.2, 0.25) is 0 Å². The number of Topliss-reactive ketones (excluding diaryl/α,β-unsaturated/α-hetero) is 1. The van der Waals surface area contributed by atoms with Crippen LogP contribution >= 0.6 is 0 Å². The van der Waals surface area contributed by atoms with Crippen LogP contribution in [0.5, 0.6) is 11.5 Å². The largest absolute Gasteiger partial charge is 0.493 e. The minimum Gasteiger partial charge on any atom is -0.493 e. The van der Waals surface area contributed by atoms with Crippen LogP contribution in [0.2, 0.25) is 0 Å². The highest BCUT2D eigenvalue weighted by molar-refractivity contribution is 5.98. The Kier molecular flexibility index (Phi) is 4.12. The third kappa shape index (κ3) is 2.70. The van der Waals surface area contributed by atoms with Gasteiger partial charge < -0.3 is 15.2 Å². The molecule has 0 aliphatic heterocycles. The zero-order valence-corrected chi connectivity index (χ0v) is 8.95. The van der Waals surface area contributed by atoms with Crippen molar-refractivity contribution in [3.8, 4) is 11.5 Å². The molecular weight excluding hydrogens is 194 g/mol. The van der Waals surface area contributed by atoms with Gasteiger partial charge in [0.1, 0.15) is 0 Å². The molecule has 0 unspecified atom stereocenters. The lowest BCUT2D eigenvalue weighted by atomic mass is 10.1. The van der Waals surface area contributed by atoms with Crippen molar-refractivity contribution in [3.63, 3.8) is 0 Å². The summed E-state index contributed by atoms with van der Waals surface area (Å²) in [6, 6.07) is 5.03. The van der Waals surface area contributed by atoms with Gasteiger partial charge >= 0.3 is 0 Å². The highest BCUT2D eigenvalue weighted by Crippen LogP contribution is 2.27. The Bertz CT molecular complexity index is 350. The van der Waals surface area contributed by atoms with Crippen molar-refractivity contribution in [2.45, 2.75) is 6.92 Å². The van der Waals surface area contributed by atoms with Gasteiger partial charge in [0.15, 0.2) is 17.3 Å². The molecule has 4 nitrogen and oxygen atoms in total. The van der Waals surface area contributed by atoms with Crippen LogP contribution in [0, 0.1) is 0 Å². The van der Waals surface area contributed by atoms with Crippen LogP contribution < -0.4 is 15.2 Å². The van der Waals surface area contributed by atoms with E-state index in [1.54, 1.807) is 25.3 Å². The fourth-order valence-corrected chi connectivity index (χ4v) is 1.24. The molecule has 0 saturated heterocycles. The molecule has 82 valence electrons. The number of rotatable bonds is 5. The number of nitrogens with two attached hydrogens (primary N) is 1. The molecule has 0 radical (unpaired) electrons. The number of ketones is 1. The molecule has 15 heavy (non-hydrogen) atoms. The summed E-state index contributed by atoms with van der Waals surface area (Å²) in [7, 11) is 1.56. The van der Waals surface area contributed by atoms with E-state index in [4.69, 9.17) is 15.2 Å². The summed E-state index contributed by atoms with van der Waals surface area (Å²) < 4.78 is 10.4. The van der Waals surface area contributed by atoms with E-state index < -0.39 is 0 Å². The number of carbonyl (C=O) groups is 1. The monoisotopic (exact) mass is 209 g/mol. The van der Waals surface area contributed by atoms with E-state index in [0.717, 1.165) is 0 Å². The quantitative estimate of drug-likeness (QED) is 0.741. The number of benzene rings is 1. The first kappa shape index (κ1) is 11.5. The normalized spacial score (nSPS) is 9.80. The van der Waals surface area contributed by atoms with E-state index in [9.17, 15) is 4.79 Å². The molecule has 0 fully saturated rings. The number of carbonyl (C=O) groups excluding carboxylic acids is 1. The van der Waals surface area contributed by atoms with Crippen molar-refractivity contribution in [3.05, 3.63) is 23.8 Å². The Labute approximate surface area is 89.0 Å². The minimum atomic E-state index is -0.112. The Morgan fingerprint density at radius 2 is 2.13 bits per heavy atom. The highest BCUT2D eigenvalue weighted by Gasteiger charge is 2.09. The lowest BCUT2D eigenvalue weighted by molar-refractivity contribution is 0.100. The first-order valence-corrected chi connectivity index (χ1v) is 4.77. The minimum absolute atomic E-state index is 0.00209. The van der Waals surface area contributed by atoms with E-state index in [-0.39, 0.29) is 12.3 Å². The number of hydrogen-bond acceptors (Lipinski definition) is 4. The fraction of sp³-hybridized carbons (Fsp3) is 0.364. The second-order valence-electron chi connectivity index (χ2n) is 2.93. The summed E-state index contributed by atoms with van der Waals surface area (Å²) in [5.41, 5.74) is 5.82. The Hall–Kier alpha value is -1.55. The van der Waals surface area contributed by atoms with E-state index in [2.05, 4.69) is 0 Å². The summed E-state index contributed by atoms with van der Waals surface area (Å²) in [5.74, 6) is 1.07. The van der Waals surface area contributed by atoms with Gasteiger partial charge in [0, 0.05) is 5.56 Å². The molecule has 0 aliphatic carbocycles. The topological polar surface area (TPSA) is 61.5 Å². The Morgan fingerprint density at radius 1 is 1.40 bits per heavy atom. The lowest BCUT2D eigenvalue weighted by Gasteiger charge is -2.10. The van der Waals surface area contributed by atoms with E-state index >= 15 is 0 Å². The van der Waals surface area contributed by atoms with Crippen molar-refractivity contribution in [2.24, 2.45) is 5.73 Å². The second kappa shape index (κ2) is 5.36. The molecule has 4 heteroatoms. The van der Waals surface area contributed by atoms with E-state index in [0.29, 0.717) is 23.7 Å². The predicted octanol–water partition coefficient (Wildman–Crippen LogP) is 1.24. The van der Waals surface area contributed by atoms with Crippen LogP contribution in [-0.2, 0) is 0 Å². The first-order valence-electron chi connectivity index (χ1n) is 4.77. The molecule has 0 bridgehead atoms. The maximum Gasteiger partial charge on any atom is 0.176 e. The van der Waals surface area contributed by atoms with Crippen LogP contribution in [0.4, 0.5) is 0 Å². The molecule has 0 aromatic heterocycles. The van der Waals surface area contributed by atoms with Gasteiger partial charge in [0.05, 0.1) is 20.3 Å². The predicted molar refractivity (Wildman–Crippen MR) is 57.5 cm³/mol.